The van der Waals surface area contributed by atoms with Crippen LogP contribution in [0.5, 0.6) is 5.75 Å². The number of hydrogen-bond donors (Lipinski definition) is 1. The van der Waals surface area contributed by atoms with Crippen molar-refractivity contribution in [2.75, 3.05) is 12.4 Å². The molecular formula is C16H15ClF3N3O. The average molecular weight is 358 g/mol. The Labute approximate surface area is 142 Å². The SMILES string of the molecule is COc1ccc(C(F)(F)F)cc1Nc1cc(Cl)nc(CC2CC2)n1. The summed E-state index contributed by atoms with van der Waals surface area (Å²) in [6.45, 7) is 0. The second-order valence-corrected chi connectivity index (χ2v) is 6.06. The van der Waals surface area contributed by atoms with E-state index in [4.69, 9.17) is 16.3 Å². The van der Waals surface area contributed by atoms with Gasteiger partial charge in [0.05, 0.1) is 18.4 Å². The van der Waals surface area contributed by atoms with Crippen molar-refractivity contribution in [1.29, 1.82) is 0 Å². The monoisotopic (exact) mass is 357 g/mol. The maximum absolute atomic E-state index is 12.9. The van der Waals surface area contributed by atoms with E-state index in [0.717, 1.165) is 31.4 Å². The van der Waals surface area contributed by atoms with Gasteiger partial charge in [0, 0.05) is 12.5 Å². The summed E-state index contributed by atoms with van der Waals surface area (Å²) in [5, 5.41) is 3.09. The van der Waals surface area contributed by atoms with E-state index in [1.807, 2.05) is 0 Å². The maximum Gasteiger partial charge on any atom is 0.416 e. The van der Waals surface area contributed by atoms with Gasteiger partial charge >= 0.3 is 6.18 Å². The third-order valence-electron chi connectivity index (χ3n) is 3.70. The molecule has 1 fully saturated rings. The smallest absolute Gasteiger partial charge is 0.416 e. The second-order valence-electron chi connectivity index (χ2n) is 5.68. The van der Waals surface area contributed by atoms with Crippen molar-refractivity contribution < 1.29 is 17.9 Å². The van der Waals surface area contributed by atoms with Gasteiger partial charge in [-0.2, -0.15) is 13.2 Å². The first kappa shape index (κ1) is 16.8. The molecule has 1 N–H and O–H groups in total. The van der Waals surface area contributed by atoms with Crippen LogP contribution < -0.4 is 10.1 Å². The Morgan fingerprint density at radius 2 is 2.00 bits per heavy atom. The highest BCUT2D eigenvalue weighted by Gasteiger charge is 2.31. The molecular weight excluding hydrogens is 343 g/mol. The molecule has 2 aromatic rings. The first-order valence-electron chi connectivity index (χ1n) is 7.41. The molecule has 0 aliphatic heterocycles. The molecule has 0 atom stereocenters. The number of rotatable bonds is 5. The second kappa shape index (κ2) is 6.47. The van der Waals surface area contributed by atoms with E-state index < -0.39 is 11.7 Å². The van der Waals surface area contributed by atoms with Gasteiger partial charge in [-0.1, -0.05) is 11.6 Å². The van der Waals surface area contributed by atoms with E-state index in [-0.39, 0.29) is 16.6 Å². The average Bonchev–Trinajstić information content (AvgIpc) is 3.29. The molecule has 3 rings (SSSR count). The quantitative estimate of drug-likeness (QED) is 0.777. The Bertz CT molecular complexity index is 748. The zero-order valence-electron chi connectivity index (χ0n) is 12.8. The van der Waals surface area contributed by atoms with Gasteiger partial charge < -0.3 is 10.1 Å². The summed E-state index contributed by atoms with van der Waals surface area (Å²) >= 11 is 6.00. The van der Waals surface area contributed by atoms with E-state index in [1.54, 1.807) is 0 Å². The summed E-state index contributed by atoms with van der Waals surface area (Å²) in [6.07, 6.45) is -1.45. The summed E-state index contributed by atoms with van der Waals surface area (Å²) in [5.41, 5.74) is -0.608. The summed E-state index contributed by atoms with van der Waals surface area (Å²) in [7, 11) is 1.39. The predicted octanol–water partition coefficient (Wildman–Crippen LogP) is 4.85. The number of halogens is 4. The van der Waals surface area contributed by atoms with Crippen LogP contribution in [-0.2, 0) is 12.6 Å². The van der Waals surface area contributed by atoms with Crippen LogP contribution in [0.2, 0.25) is 5.15 Å². The highest BCUT2D eigenvalue weighted by atomic mass is 35.5. The lowest BCUT2D eigenvalue weighted by Gasteiger charge is -2.14. The zero-order chi connectivity index (χ0) is 17.3. The Balaban J connectivity index is 1.90. The number of nitrogens with one attached hydrogen (secondary N) is 1. The molecule has 1 aliphatic carbocycles. The lowest BCUT2D eigenvalue weighted by molar-refractivity contribution is -0.137. The largest absolute Gasteiger partial charge is 0.495 e. The fourth-order valence-electron chi connectivity index (χ4n) is 2.32. The minimum absolute atomic E-state index is 0.166. The van der Waals surface area contributed by atoms with E-state index in [9.17, 15) is 13.2 Å². The number of benzene rings is 1. The molecule has 1 aromatic carbocycles. The topological polar surface area (TPSA) is 47.0 Å². The summed E-state index contributed by atoms with van der Waals surface area (Å²) < 4.78 is 43.8. The van der Waals surface area contributed by atoms with Gasteiger partial charge in [-0.05, 0) is 37.0 Å². The fraction of sp³-hybridized carbons (Fsp3) is 0.375. The Hall–Kier alpha value is -2.02. The van der Waals surface area contributed by atoms with Crippen molar-refractivity contribution in [3.63, 3.8) is 0 Å². The number of methoxy groups -OCH3 is 1. The molecule has 8 heteroatoms. The molecule has 0 spiro atoms. The molecule has 24 heavy (non-hydrogen) atoms. The van der Waals surface area contributed by atoms with Gasteiger partial charge in [0.15, 0.2) is 0 Å². The van der Waals surface area contributed by atoms with Crippen LogP contribution in [0.4, 0.5) is 24.7 Å². The van der Waals surface area contributed by atoms with E-state index in [1.165, 1.54) is 19.2 Å². The first-order chi connectivity index (χ1) is 11.3. The lowest BCUT2D eigenvalue weighted by atomic mass is 10.1. The van der Waals surface area contributed by atoms with Gasteiger partial charge in [-0.15, -0.1) is 0 Å². The highest BCUT2D eigenvalue weighted by Crippen LogP contribution is 2.36. The minimum atomic E-state index is -4.44. The van der Waals surface area contributed by atoms with Gasteiger partial charge in [0.25, 0.3) is 0 Å². The van der Waals surface area contributed by atoms with Gasteiger partial charge in [0.1, 0.15) is 22.5 Å². The first-order valence-corrected chi connectivity index (χ1v) is 7.78. The zero-order valence-corrected chi connectivity index (χ0v) is 13.6. The predicted molar refractivity (Wildman–Crippen MR) is 84.7 cm³/mol. The molecule has 1 aliphatic rings. The Kier molecular flexibility index (Phi) is 4.54. The van der Waals surface area contributed by atoms with Crippen molar-refractivity contribution in [3.05, 3.63) is 40.8 Å². The molecule has 0 saturated heterocycles. The number of hydrogen-bond acceptors (Lipinski definition) is 4. The standard InChI is InChI=1S/C16H15ClF3N3O/c1-24-12-5-4-10(16(18,19)20)7-11(12)21-15-8-13(17)22-14(23-15)6-9-2-3-9/h4-5,7-9H,2-3,6H2,1H3,(H,21,22,23). The normalized spacial score (nSPS) is 14.5. The summed E-state index contributed by atoms with van der Waals surface area (Å²) in [5.74, 6) is 1.77. The van der Waals surface area contributed by atoms with Crippen LogP contribution in [0.15, 0.2) is 24.3 Å². The van der Waals surface area contributed by atoms with E-state index >= 15 is 0 Å². The van der Waals surface area contributed by atoms with Crippen molar-refractivity contribution in [2.24, 2.45) is 5.92 Å². The number of alkyl halides is 3. The van der Waals surface area contributed by atoms with E-state index in [0.29, 0.717) is 17.6 Å². The van der Waals surface area contributed by atoms with Crippen molar-refractivity contribution >= 4 is 23.1 Å². The van der Waals surface area contributed by atoms with Crippen LogP contribution in [-0.4, -0.2) is 17.1 Å². The molecule has 0 radical (unpaired) electrons. The van der Waals surface area contributed by atoms with Crippen LogP contribution in [0.1, 0.15) is 24.2 Å². The molecule has 1 saturated carbocycles. The molecule has 1 heterocycles. The molecule has 1 aromatic heterocycles. The fourth-order valence-corrected chi connectivity index (χ4v) is 2.52. The van der Waals surface area contributed by atoms with Crippen LogP contribution in [0.25, 0.3) is 0 Å². The number of anilines is 2. The maximum atomic E-state index is 12.9. The summed E-state index contributed by atoms with van der Waals surface area (Å²) in [6, 6.07) is 4.68. The number of aromatic nitrogens is 2. The Morgan fingerprint density at radius 1 is 1.25 bits per heavy atom. The molecule has 0 unspecified atom stereocenters. The lowest BCUT2D eigenvalue weighted by Crippen LogP contribution is -2.07. The minimum Gasteiger partial charge on any atom is -0.495 e. The van der Waals surface area contributed by atoms with Crippen molar-refractivity contribution in [1.82, 2.24) is 9.97 Å². The third-order valence-corrected chi connectivity index (χ3v) is 3.89. The van der Waals surface area contributed by atoms with Gasteiger partial charge in [-0.3, -0.25) is 0 Å². The molecule has 128 valence electrons. The van der Waals surface area contributed by atoms with Crippen LogP contribution in [0, 0.1) is 5.92 Å². The number of nitrogens with zero attached hydrogens (tertiary/aromatic N) is 2. The van der Waals surface area contributed by atoms with Crippen molar-refractivity contribution in [2.45, 2.75) is 25.4 Å². The highest BCUT2D eigenvalue weighted by molar-refractivity contribution is 6.29. The summed E-state index contributed by atoms with van der Waals surface area (Å²) in [4.78, 5) is 8.49. The Morgan fingerprint density at radius 3 is 2.62 bits per heavy atom. The third kappa shape index (κ3) is 4.08. The van der Waals surface area contributed by atoms with Crippen LogP contribution >= 0.6 is 11.6 Å². The van der Waals surface area contributed by atoms with Gasteiger partial charge in [0.2, 0.25) is 0 Å². The van der Waals surface area contributed by atoms with Gasteiger partial charge in [-0.25, -0.2) is 9.97 Å². The van der Waals surface area contributed by atoms with E-state index in [2.05, 4.69) is 15.3 Å². The molecule has 4 nitrogen and oxygen atoms in total. The number of ether oxygens (including phenoxy) is 1. The molecule has 0 amide bonds. The van der Waals surface area contributed by atoms with Crippen LogP contribution in [0.3, 0.4) is 0 Å². The van der Waals surface area contributed by atoms with Crippen molar-refractivity contribution in [3.8, 4) is 5.75 Å². The molecule has 0 bridgehead atoms.